The van der Waals surface area contributed by atoms with E-state index in [0.29, 0.717) is 28.1 Å². The Morgan fingerprint density at radius 3 is 2.48 bits per heavy atom. The van der Waals surface area contributed by atoms with E-state index in [-0.39, 0.29) is 4.90 Å². The van der Waals surface area contributed by atoms with Crippen molar-refractivity contribution in [2.24, 2.45) is 0 Å². The summed E-state index contributed by atoms with van der Waals surface area (Å²) in [5, 5.41) is 0.604. The molecule has 0 bridgehead atoms. The molecule has 3 aromatic rings. The summed E-state index contributed by atoms with van der Waals surface area (Å²) in [6, 6.07) is 9.79. The van der Waals surface area contributed by atoms with Gasteiger partial charge in [-0.1, -0.05) is 15.9 Å². The standard InChI is InChI=1S/C18H18BrFN2O3S2/c1-21(2)9-10-26(23)18-12-22(17-8-3-13(19)11-16(17)18)27(24,25)15-6-4-14(20)5-7-15/h3-8,11-12H,9-10H2,1-2H3. The molecule has 1 atom stereocenters. The van der Waals surface area contributed by atoms with Crippen molar-refractivity contribution < 1.29 is 17.4 Å². The highest BCUT2D eigenvalue weighted by atomic mass is 79.9. The van der Waals surface area contributed by atoms with E-state index in [2.05, 4.69) is 15.9 Å². The first kappa shape index (κ1) is 20.3. The molecule has 0 amide bonds. The Balaban J connectivity index is 2.15. The first-order chi connectivity index (χ1) is 12.7. The summed E-state index contributed by atoms with van der Waals surface area (Å²) in [5.74, 6) is -0.129. The molecule has 0 aliphatic carbocycles. The van der Waals surface area contributed by atoms with Crippen molar-refractivity contribution in [3.8, 4) is 0 Å². The van der Waals surface area contributed by atoms with Crippen molar-refractivity contribution in [3.05, 3.63) is 59.0 Å². The normalized spacial score (nSPS) is 13.4. The monoisotopic (exact) mass is 472 g/mol. The maximum absolute atomic E-state index is 13.2. The highest BCUT2D eigenvalue weighted by Gasteiger charge is 2.26. The quantitative estimate of drug-likeness (QED) is 0.515. The third kappa shape index (κ3) is 4.22. The Morgan fingerprint density at radius 1 is 1.19 bits per heavy atom. The summed E-state index contributed by atoms with van der Waals surface area (Å²) in [4.78, 5) is 2.34. The Bertz CT molecular complexity index is 1070. The van der Waals surface area contributed by atoms with E-state index in [1.54, 1.807) is 18.2 Å². The molecule has 1 unspecified atom stereocenters. The minimum absolute atomic E-state index is 0.0330. The van der Waals surface area contributed by atoms with Crippen molar-refractivity contribution in [2.75, 3.05) is 26.4 Å². The molecular formula is C18H18BrFN2O3S2. The molecule has 0 saturated carbocycles. The van der Waals surface area contributed by atoms with Crippen LogP contribution in [0, 0.1) is 5.82 Å². The number of aromatic nitrogens is 1. The van der Waals surface area contributed by atoms with E-state index < -0.39 is 27.0 Å². The molecule has 0 spiro atoms. The van der Waals surface area contributed by atoms with Gasteiger partial charge in [0.1, 0.15) is 11.6 Å². The van der Waals surface area contributed by atoms with Gasteiger partial charge in [-0.15, -0.1) is 0 Å². The Kier molecular flexibility index (Phi) is 5.97. The molecule has 0 N–H and O–H groups in total. The van der Waals surface area contributed by atoms with Crippen molar-refractivity contribution in [3.63, 3.8) is 0 Å². The second kappa shape index (κ2) is 7.92. The summed E-state index contributed by atoms with van der Waals surface area (Å²) in [6.07, 6.45) is 1.40. The van der Waals surface area contributed by atoms with Crippen molar-refractivity contribution >= 4 is 48.0 Å². The van der Waals surface area contributed by atoms with Crippen LogP contribution >= 0.6 is 15.9 Å². The number of hydrogen-bond donors (Lipinski definition) is 0. The zero-order valence-corrected chi connectivity index (χ0v) is 17.9. The van der Waals surface area contributed by atoms with Gasteiger partial charge in [-0.25, -0.2) is 16.8 Å². The number of rotatable bonds is 6. The summed E-state index contributed by atoms with van der Waals surface area (Å²) in [6.45, 7) is 0.609. The maximum atomic E-state index is 13.2. The SMILES string of the molecule is CN(C)CC[S+]([O-])c1cn(S(=O)(=O)c2ccc(F)cc2)c2ccc(Br)cc12. The molecular weight excluding hydrogens is 455 g/mol. The number of benzene rings is 2. The fourth-order valence-electron chi connectivity index (χ4n) is 2.62. The summed E-state index contributed by atoms with van der Waals surface area (Å²) >= 11 is 2.01. The summed E-state index contributed by atoms with van der Waals surface area (Å²) in [7, 11) is -0.179. The predicted octanol–water partition coefficient (Wildman–Crippen LogP) is 3.45. The van der Waals surface area contributed by atoms with Crippen LogP contribution in [0.1, 0.15) is 0 Å². The number of hydrogen-bond acceptors (Lipinski definition) is 4. The Morgan fingerprint density at radius 2 is 1.85 bits per heavy atom. The van der Waals surface area contributed by atoms with Gasteiger partial charge in [0.05, 0.1) is 22.0 Å². The van der Waals surface area contributed by atoms with Gasteiger partial charge < -0.3 is 9.45 Å². The lowest BCUT2D eigenvalue weighted by atomic mass is 10.2. The Labute approximate surface area is 169 Å². The third-order valence-electron chi connectivity index (χ3n) is 4.04. The highest BCUT2D eigenvalue weighted by molar-refractivity contribution is 9.10. The Hall–Kier alpha value is -1.39. The van der Waals surface area contributed by atoms with Gasteiger partial charge >= 0.3 is 0 Å². The van der Waals surface area contributed by atoms with Gasteiger partial charge in [-0.05, 0) is 67.7 Å². The molecule has 0 radical (unpaired) electrons. The first-order valence-electron chi connectivity index (χ1n) is 8.05. The van der Waals surface area contributed by atoms with Crippen LogP contribution in [0.4, 0.5) is 4.39 Å². The number of fused-ring (bicyclic) bond motifs is 1. The van der Waals surface area contributed by atoms with E-state index in [4.69, 9.17) is 0 Å². The zero-order chi connectivity index (χ0) is 19.8. The van der Waals surface area contributed by atoms with E-state index in [1.807, 2.05) is 19.0 Å². The van der Waals surface area contributed by atoms with Crippen LogP contribution in [0.3, 0.4) is 0 Å². The lowest BCUT2D eigenvalue weighted by Crippen LogP contribution is -2.22. The van der Waals surface area contributed by atoms with Gasteiger partial charge in [0.2, 0.25) is 0 Å². The molecule has 1 aromatic heterocycles. The minimum Gasteiger partial charge on any atom is -0.611 e. The topological polar surface area (TPSA) is 65.4 Å². The van der Waals surface area contributed by atoms with Gasteiger partial charge in [0.25, 0.3) is 10.0 Å². The lowest BCUT2D eigenvalue weighted by Gasteiger charge is -2.13. The van der Waals surface area contributed by atoms with Crippen LogP contribution in [0.25, 0.3) is 10.9 Å². The molecule has 2 aromatic carbocycles. The van der Waals surface area contributed by atoms with Crippen LogP contribution < -0.4 is 0 Å². The molecule has 3 rings (SSSR count). The molecule has 0 aliphatic heterocycles. The van der Waals surface area contributed by atoms with E-state index in [9.17, 15) is 17.4 Å². The zero-order valence-electron chi connectivity index (χ0n) is 14.7. The molecule has 27 heavy (non-hydrogen) atoms. The number of nitrogens with zero attached hydrogens (tertiary/aromatic N) is 2. The largest absolute Gasteiger partial charge is 0.611 e. The highest BCUT2D eigenvalue weighted by Crippen LogP contribution is 2.31. The average molecular weight is 473 g/mol. The molecule has 0 saturated heterocycles. The van der Waals surface area contributed by atoms with Crippen molar-refractivity contribution in [1.82, 2.24) is 8.87 Å². The predicted molar refractivity (Wildman–Crippen MR) is 108 cm³/mol. The van der Waals surface area contributed by atoms with Crippen LogP contribution in [-0.4, -0.2) is 48.2 Å². The lowest BCUT2D eigenvalue weighted by molar-refractivity contribution is 0.432. The molecule has 5 nitrogen and oxygen atoms in total. The molecule has 0 fully saturated rings. The van der Waals surface area contributed by atoms with Crippen LogP contribution in [0.15, 0.2) is 62.9 Å². The molecule has 9 heteroatoms. The van der Waals surface area contributed by atoms with E-state index in [0.717, 1.165) is 20.6 Å². The van der Waals surface area contributed by atoms with Crippen molar-refractivity contribution in [2.45, 2.75) is 9.79 Å². The fraction of sp³-hybridized carbons (Fsp3) is 0.222. The average Bonchev–Trinajstić information content (AvgIpc) is 2.99. The first-order valence-corrected chi connectivity index (χ1v) is 11.6. The van der Waals surface area contributed by atoms with Crippen LogP contribution in [0.2, 0.25) is 0 Å². The van der Waals surface area contributed by atoms with Gasteiger partial charge in [0.15, 0.2) is 4.90 Å². The molecule has 0 aliphatic rings. The summed E-state index contributed by atoms with van der Waals surface area (Å²) < 4.78 is 54.0. The number of halogens is 2. The second-order valence-electron chi connectivity index (χ2n) is 6.26. The smallest absolute Gasteiger partial charge is 0.268 e. The van der Waals surface area contributed by atoms with Gasteiger partial charge in [-0.3, -0.25) is 0 Å². The van der Waals surface area contributed by atoms with Crippen molar-refractivity contribution in [1.29, 1.82) is 0 Å². The van der Waals surface area contributed by atoms with Gasteiger partial charge in [-0.2, -0.15) is 0 Å². The van der Waals surface area contributed by atoms with Gasteiger partial charge in [0, 0.05) is 11.0 Å². The maximum Gasteiger partial charge on any atom is 0.268 e. The van der Waals surface area contributed by atoms with E-state index in [1.165, 1.54) is 18.3 Å². The third-order valence-corrected chi connectivity index (χ3v) is 7.59. The fourth-order valence-corrected chi connectivity index (χ4v) is 5.80. The minimum atomic E-state index is -3.95. The van der Waals surface area contributed by atoms with E-state index >= 15 is 0 Å². The molecule has 1 heterocycles. The van der Waals surface area contributed by atoms with Crippen LogP contribution in [-0.2, 0) is 21.2 Å². The summed E-state index contributed by atoms with van der Waals surface area (Å²) in [5.41, 5.74) is 0.427. The van der Waals surface area contributed by atoms with Crippen LogP contribution in [0.5, 0.6) is 0 Å². The second-order valence-corrected chi connectivity index (χ2v) is 10.5. The molecule has 144 valence electrons.